The lowest BCUT2D eigenvalue weighted by Gasteiger charge is -2.50. The average Bonchev–Trinajstić information content (AvgIpc) is 3.33. The van der Waals surface area contributed by atoms with Crippen molar-refractivity contribution in [2.45, 2.75) is 63.1 Å². The third kappa shape index (κ3) is 4.25. The molecule has 0 N–H and O–H groups in total. The molecule has 7 heteroatoms. The molecule has 4 aliphatic heterocycles. The molecular weight excluding hydrogens is 406 g/mol. The Morgan fingerprint density at radius 2 is 1.78 bits per heavy atom. The van der Waals surface area contributed by atoms with Crippen molar-refractivity contribution in [1.82, 2.24) is 14.7 Å². The zero-order chi connectivity index (χ0) is 22.1. The summed E-state index contributed by atoms with van der Waals surface area (Å²) in [4.78, 5) is 31.2. The first-order valence-electron chi connectivity index (χ1n) is 12.2. The molecule has 32 heavy (non-hydrogen) atoms. The zero-order valence-electron chi connectivity index (χ0n) is 19.1. The maximum Gasteiger partial charge on any atom is 0.410 e. The van der Waals surface area contributed by atoms with Crippen LogP contribution in [0.3, 0.4) is 0 Å². The van der Waals surface area contributed by atoms with E-state index in [1.165, 1.54) is 11.1 Å². The van der Waals surface area contributed by atoms with E-state index in [1.54, 1.807) is 6.92 Å². The van der Waals surface area contributed by atoms with Crippen molar-refractivity contribution >= 4 is 12.0 Å². The van der Waals surface area contributed by atoms with Gasteiger partial charge >= 0.3 is 6.09 Å². The van der Waals surface area contributed by atoms with Gasteiger partial charge in [-0.15, -0.1) is 0 Å². The molecule has 0 saturated carbocycles. The highest BCUT2D eigenvalue weighted by Crippen LogP contribution is 2.42. The average molecular weight is 442 g/mol. The lowest BCUT2D eigenvalue weighted by atomic mass is 9.68. The number of hydrogen-bond acceptors (Lipinski definition) is 5. The van der Waals surface area contributed by atoms with Crippen LogP contribution >= 0.6 is 0 Å². The topological polar surface area (TPSA) is 62.3 Å². The van der Waals surface area contributed by atoms with Gasteiger partial charge in [0.25, 0.3) is 0 Å². The Hall–Kier alpha value is -2.12. The fourth-order valence-corrected chi connectivity index (χ4v) is 6.09. The van der Waals surface area contributed by atoms with Crippen molar-refractivity contribution in [2.75, 3.05) is 45.9 Å². The Morgan fingerprint density at radius 1 is 1.03 bits per heavy atom. The number of carbonyl (C=O) groups excluding carboxylic acids is 2. The van der Waals surface area contributed by atoms with Crippen molar-refractivity contribution in [3.63, 3.8) is 0 Å². The Labute approximate surface area is 190 Å². The van der Waals surface area contributed by atoms with Crippen LogP contribution in [0.2, 0.25) is 0 Å². The van der Waals surface area contributed by atoms with Gasteiger partial charge in [0.05, 0.1) is 13.2 Å². The maximum atomic E-state index is 12.4. The summed E-state index contributed by atoms with van der Waals surface area (Å²) in [6.45, 7) is 8.10. The molecule has 1 spiro atoms. The highest BCUT2D eigenvalue weighted by molar-refractivity contribution is 5.74. The highest BCUT2D eigenvalue weighted by atomic mass is 16.6. The largest absolute Gasteiger partial charge is 0.444 e. The Morgan fingerprint density at radius 3 is 2.47 bits per heavy atom. The third-order valence-corrected chi connectivity index (χ3v) is 8.04. The molecule has 3 saturated heterocycles. The SMILES string of the molecule is CC(=O)N1Cc2ccccc2C2(CCN(C3CCN(C(=O)O[C@@H]4CCOC4)CC3)CC2)C1. The van der Waals surface area contributed by atoms with Gasteiger partial charge in [-0.2, -0.15) is 0 Å². The van der Waals surface area contributed by atoms with Gasteiger partial charge in [-0.3, -0.25) is 4.79 Å². The van der Waals surface area contributed by atoms with E-state index in [0.29, 0.717) is 19.3 Å². The lowest BCUT2D eigenvalue weighted by molar-refractivity contribution is -0.131. The third-order valence-electron chi connectivity index (χ3n) is 8.04. The molecule has 0 aliphatic carbocycles. The fourth-order valence-electron chi connectivity index (χ4n) is 6.09. The van der Waals surface area contributed by atoms with E-state index < -0.39 is 0 Å². The molecule has 3 fully saturated rings. The number of rotatable bonds is 2. The summed E-state index contributed by atoms with van der Waals surface area (Å²) in [5.41, 5.74) is 2.83. The standard InChI is InChI=1S/C25H35N3O4/c1-19(29)28-16-20-4-2-3-5-23(20)25(18-28)9-13-26(14-10-25)21-6-11-27(12-7-21)24(30)32-22-8-15-31-17-22/h2-5,21-22H,6-18H2,1H3/t22-/m1/s1. The second-order valence-corrected chi connectivity index (χ2v) is 9.94. The number of fused-ring (bicyclic) bond motifs is 2. The Balaban J connectivity index is 1.17. The molecule has 174 valence electrons. The molecule has 4 heterocycles. The van der Waals surface area contributed by atoms with Crippen LogP contribution in [-0.2, 0) is 26.2 Å². The normalized spacial score (nSPS) is 26.2. The zero-order valence-corrected chi connectivity index (χ0v) is 19.1. The number of amides is 2. The Kier molecular flexibility index (Phi) is 6.12. The summed E-state index contributed by atoms with van der Waals surface area (Å²) in [7, 11) is 0. The first kappa shape index (κ1) is 21.7. The molecule has 1 aromatic carbocycles. The van der Waals surface area contributed by atoms with Crippen LogP contribution in [0.25, 0.3) is 0 Å². The number of nitrogens with zero attached hydrogens (tertiary/aromatic N) is 3. The molecular formula is C25H35N3O4. The highest BCUT2D eigenvalue weighted by Gasteiger charge is 2.43. The maximum absolute atomic E-state index is 12.4. The molecule has 5 rings (SSSR count). The molecule has 2 amide bonds. The van der Waals surface area contributed by atoms with E-state index in [9.17, 15) is 9.59 Å². The van der Waals surface area contributed by atoms with Gasteiger partial charge in [-0.05, 0) is 49.9 Å². The number of piperidine rings is 2. The van der Waals surface area contributed by atoms with Gasteiger partial charge in [0.1, 0.15) is 6.10 Å². The molecule has 4 aliphatic rings. The molecule has 0 aromatic heterocycles. The minimum absolute atomic E-state index is 0.0743. The predicted molar refractivity (Wildman–Crippen MR) is 120 cm³/mol. The van der Waals surface area contributed by atoms with E-state index in [-0.39, 0.29) is 23.5 Å². The lowest BCUT2D eigenvalue weighted by Crippen LogP contribution is -2.56. The van der Waals surface area contributed by atoms with Crippen LogP contribution in [0.1, 0.15) is 50.2 Å². The minimum Gasteiger partial charge on any atom is -0.444 e. The number of likely N-dealkylation sites (tertiary alicyclic amines) is 2. The van der Waals surface area contributed by atoms with Crippen LogP contribution < -0.4 is 0 Å². The first-order chi connectivity index (χ1) is 15.5. The summed E-state index contributed by atoms with van der Waals surface area (Å²) in [6.07, 6.45) is 4.71. The molecule has 0 bridgehead atoms. The predicted octanol–water partition coefficient (Wildman–Crippen LogP) is 2.77. The van der Waals surface area contributed by atoms with Crippen LogP contribution in [-0.4, -0.2) is 84.8 Å². The van der Waals surface area contributed by atoms with E-state index in [2.05, 4.69) is 29.2 Å². The second kappa shape index (κ2) is 9.02. The van der Waals surface area contributed by atoms with Crippen molar-refractivity contribution in [2.24, 2.45) is 0 Å². The van der Waals surface area contributed by atoms with E-state index in [1.807, 2.05) is 9.80 Å². The van der Waals surface area contributed by atoms with E-state index >= 15 is 0 Å². The van der Waals surface area contributed by atoms with Gasteiger partial charge in [0, 0.05) is 51.0 Å². The molecule has 0 radical (unpaired) electrons. The van der Waals surface area contributed by atoms with Crippen LogP contribution in [0.15, 0.2) is 24.3 Å². The van der Waals surface area contributed by atoms with Crippen molar-refractivity contribution in [1.29, 1.82) is 0 Å². The number of benzene rings is 1. The van der Waals surface area contributed by atoms with E-state index in [0.717, 1.165) is 71.4 Å². The summed E-state index contributed by atoms with van der Waals surface area (Å²) in [5, 5.41) is 0. The molecule has 0 unspecified atom stereocenters. The number of ether oxygens (including phenoxy) is 2. The smallest absolute Gasteiger partial charge is 0.410 e. The second-order valence-electron chi connectivity index (χ2n) is 9.94. The van der Waals surface area contributed by atoms with Crippen molar-refractivity contribution in [3.05, 3.63) is 35.4 Å². The summed E-state index contributed by atoms with van der Waals surface area (Å²) < 4.78 is 10.9. The van der Waals surface area contributed by atoms with Crippen molar-refractivity contribution in [3.8, 4) is 0 Å². The van der Waals surface area contributed by atoms with Gasteiger partial charge in [-0.1, -0.05) is 24.3 Å². The monoisotopic (exact) mass is 441 g/mol. The van der Waals surface area contributed by atoms with Crippen molar-refractivity contribution < 1.29 is 19.1 Å². The summed E-state index contributed by atoms with van der Waals surface area (Å²) in [5.74, 6) is 0.171. The van der Waals surface area contributed by atoms with E-state index in [4.69, 9.17) is 9.47 Å². The van der Waals surface area contributed by atoms with Crippen LogP contribution in [0.4, 0.5) is 4.79 Å². The Bertz CT molecular complexity index is 837. The molecule has 1 atom stereocenters. The summed E-state index contributed by atoms with van der Waals surface area (Å²) >= 11 is 0. The first-order valence-corrected chi connectivity index (χ1v) is 12.2. The molecule has 7 nitrogen and oxygen atoms in total. The fraction of sp³-hybridized carbons (Fsp3) is 0.680. The number of carbonyl (C=O) groups is 2. The van der Waals surface area contributed by atoms with Gasteiger partial charge in [0.15, 0.2) is 0 Å². The van der Waals surface area contributed by atoms with Gasteiger partial charge in [0.2, 0.25) is 5.91 Å². The van der Waals surface area contributed by atoms with Crippen LogP contribution in [0, 0.1) is 0 Å². The number of hydrogen-bond donors (Lipinski definition) is 0. The quantitative estimate of drug-likeness (QED) is 0.706. The minimum atomic E-state index is -0.181. The summed E-state index contributed by atoms with van der Waals surface area (Å²) in [6, 6.07) is 9.22. The van der Waals surface area contributed by atoms with Gasteiger partial charge in [-0.25, -0.2) is 4.79 Å². The van der Waals surface area contributed by atoms with Gasteiger partial charge < -0.3 is 24.2 Å². The van der Waals surface area contributed by atoms with Crippen LogP contribution in [0.5, 0.6) is 0 Å². The molecule has 1 aromatic rings.